The number of H-pyrrole nitrogens is 1. The lowest BCUT2D eigenvalue weighted by atomic mass is 9.94. The standard InChI is InChI=1S/C21H20F2N4O/c22-16-8-14(9-17(23)10-16)12-27-7-3-4-15(13-27)19-11-20(28)26-21(25-19)18-5-1-2-6-24-18/h1-2,5-6,8-11,15H,3-4,7,12-13H2,(H,25,26,28)/t15-/m1/s1. The topological polar surface area (TPSA) is 61.9 Å². The predicted molar refractivity (Wildman–Crippen MR) is 102 cm³/mol. The third-order valence-electron chi connectivity index (χ3n) is 4.92. The SMILES string of the molecule is O=c1cc([C@@H]2CCCN(Cc3cc(F)cc(F)c3)C2)nc(-c2ccccn2)[nH]1. The van der Waals surface area contributed by atoms with Crippen molar-refractivity contribution in [2.24, 2.45) is 0 Å². The number of hydrogen-bond acceptors (Lipinski definition) is 4. The number of pyridine rings is 1. The number of aromatic nitrogens is 3. The lowest BCUT2D eigenvalue weighted by Crippen LogP contribution is -2.34. The normalized spacial score (nSPS) is 17.6. The lowest BCUT2D eigenvalue weighted by Gasteiger charge is -2.32. The van der Waals surface area contributed by atoms with Crippen LogP contribution < -0.4 is 5.56 Å². The second kappa shape index (κ2) is 7.98. The van der Waals surface area contributed by atoms with E-state index >= 15 is 0 Å². The van der Waals surface area contributed by atoms with E-state index in [9.17, 15) is 13.6 Å². The molecule has 1 atom stereocenters. The molecule has 1 aliphatic rings. The van der Waals surface area contributed by atoms with Crippen molar-refractivity contribution >= 4 is 0 Å². The Balaban J connectivity index is 1.54. The van der Waals surface area contributed by atoms with Crippen molar-refractivity contribution in [2.45, 2.75) is 25.3 Å². The molecule has 3 aromatic rings. The van der Waals surface area contributed by atoms with Crippen LogP contribution in [0.5, 0.6) is 0 Å². The van der Waals surface area contributed by atoms with Crippen LogP contribution in [0.3, 0.4) is 0 Å². The van der Waals surface area contributed by atoms with Gasteiger partial charge in [0.2, 0.25) is 0 Å². The molecule has 0 spiro atoms. The zero-order valence-corrected chi connectivity index (χ0v) is 15.2. The Labute approximate surface area is 161 Å². The Kier molecular flexibility index (Phi) is 5.25. The van der Waals surface area contributed by atoms with Gasteiger partial charge in [-0.3, -0.25) is 14.7 Å². The van der Waals surface area contributed by atoms with Crippen molar-refractivity contribution < 1.29 is 8.78 Å². The zero-order chi connectivity index (χ0) is 19.5. The average molecular weight is 382 g/mol. The monoisotopic (exact) mass is 382 g/mol. The Bertz CT molecular complexity index is 1000. The highest BCUT2D eigenvalue weighted by atomic mass is 19.1. The van der Waals surface area contributed by atoms with E-state index in [2.05, 4.69) is 19.9 Å². The van der Waals surface area contributed by atoms with Crippen LogP contribution in [0, 0.1) is 11.6 Å². The van der Waals surface area contributed by atoms with E-state index in [4.69, 9.17) is 0 Å². The molecule has 3 heterocycles. The molecular weight excluding hydrogens is 362 g/mol. The number of piperidine rings is 1. The lowest BCUT2D eigenvalue weighted by molar-refractivity contribution is 0.198. The van der Waals surface area contributed by atoms with E-state index < -0.39 is 11.6 Å². The molecule has 28 heavy (non-hydrogen) atoms. The number of halogens is 2. The molecule has 1 saturated heterocycles. The summed E-state index contributed by atoms with van der Waals surface area (Å²) in [6, 6.07) is 10.6. The molecule has 1 aliphatic heterocycles. The fraction of sp³-hybridized carbons (Fsp3) is 0.286. The first kappa shape index (κ1) is 18.4. The Morgan fingerprint density at radius 1 is 1.14 bits per heavy atom. The van der Waals surface area contributed by atoms with E-state index in [1.54, 1.807) is 18.3 Å². The molecule has 4 rings (SSSR count). The molecule has 0 unspecified atom stereocenters. The van der Waals surface area contributed by atoms with Crippen LogP contribution in [0.4, 0.5) is 8.78 Å². The first-order valence-corrected chi connectivity index (χ1v) is 9.27. The molecule has 2 aromatic heterocycles. The maximum absolute atomic E-state index is 13.5. The van der Waals surface area contributed by atoms with Crippen molar-refractivity contribution in [1.29, 1.82) is 0 Å². The second-order valence-corrected chi connectivity index (χ2v) is 7.09. The van der Waals surface area contributed by atoms with Crippen molar-refractivity contribution in [1.82, 2.24) is 19.9 Å². The van der Waals surface area contributed by atoms with E-state index in [1.165, 1.54) is 18.2 Å². The Morgan fingerprint density at radius 2 is 1.96 bits per heavy atom. The van der Waals surface area contributed by atoms with Gasteiger partial charge in [-0.1, -0.05) is 6.07 Å². The van der Waals surface area contributed by atoms with Crippen molar-refractivity contribution in [2.75, 3.05) is 13.1 Å². The number of rotatable bonds is 4. The first-order chi connectivity index (χ1) is 13.6. The molecule has 0 bridgehead atoms. The van der Waals surface area contributed by atoms with Crippen LogP contribution >= 0.6 is 0 Å². The van der Waals surface area contributed by atoms with E-state index in [-0.39, 0.29) is 11.5 Å². The molecule has 5 nitrogen and oxygen atoms in total. The minimum absolute atomic E-state index is 0.0805. The summed E-state index contributed by atoms with van der Waals surface area (Å²) in [4.78, 5) is 25.9. The van der Waals surface area contributed by atoms with E-state index in [1.807, 2.05) is 6.07 Å². The van der Waals surface area contributed by atoms with Crippen LogP contribution in [-0.4, -0.2) is 32.9 Å². The van der Waals surface area contributed by atoms with Gasteiger partial charge >= 0.3 is 0 Å². The van der Waals surface area contributed by atoms with Crippen LogP contribution in [0.2, 0.25) is 0 Å². The summed E-state index contributed by atoms with van der Waals surface area (Å²) in [5.41, 5.74) is 1.73. The molecule has 144 valence electrons. The van der Waals surface area contributed by atoms with Gasteiger partial charge in [0.25, 0.3) is 5.56 Å². The minimum atomic E-state index is -0.570. The fourth-order valence-electron chi connectivity index (χ4n) is 3.71. The summed E-state index contributed by atoms with van der Waals surface area (Å²) in [7, 11) is 0. The summed E-state index contributed by atoms with van der Waals surface area (Å²) in [6.45, 7) is 1.97. The van der Waals surface area contributed by atoms with E-state index in [0.29, 0.717) is 30.2 Å². The minimum Gasteiger partial charge on any atom is -0.305 e. The van der Waals surface area contributed by atoms with Crippen LogP contribution in [-0.2, 0) is 6.54 Å². The van der Waals surface area contributed by atoms with Gasteiger partial charge in [-0.2, -0.15) is 0 Å². The van der Waals surface area contributed by atoms with E-state index in [0.717, 1.165) is 31.1 Å². The highest BCUT2D eigenvalue weighted by molar-refractivity contribution is 5.48. The Hall–Kier alpha value is -2.93. The van der Waals surface area contributed by atoms with Gasteiger partial charge in [-0.05, 0) is 49.2 Å². The number of aromatic amines is 1. The van der Waals surface area contributed by atoms with Crippen molar-refractivity contribution in [3.05, 3.63) is 81.9 Å². The zero-order valence-electron chi connectivity index (χ0n) is 15.2. The molecule has 7 heteroatoms. The van der Waals surface area contributed by atoms with Gasteiger partial charge in [0.15, 0.2) is 5.82 Å². The van der Waals surface area contributed by atoms with Gasteiger partial charge in [-0.15, -0.1) is 0 Å². The summed E-state index contributed by atoms with van der Waals surface area (Å²) >= 11 is 0. The highest BCUT2D eigenvalue weighted by Gasteiger charge is 2.24. The molecular formula is C21H20F2N4O. The smallest absolute Gasteiger partial charge is 0.251 e. The Morgan fingerprint density at radius 3 is 2.71 bits per heavy atom. The maximum Gasteiger partial charge on any atom is 0.251 e. The van der Waals surface area contributed by atoms with Gasteiger partial charge < -0.3 is 4.98 Å². The summed E-state index contributed by atoms with van der Waals surface area (Å²) < 4.78 is 26.9. The first-order valence-electron chi connectivity index (χ1n) is 9.27. The molecule has 1 fully saturated rings. The van der Waals surface area contributed by atoms with Gasteiger partial charge in [0.1, 0.15) is 17.3 Å². The summed E-state index contributed by atoms with van der Waals surface area (Å²) in [5.74, 6) is -0.607. The predicted octanol–water partition coefficient (Wildman–Crippen LogP) is 3.49. The fourth-order valence-corrected chi connectivity index (χ4v) is 3.71. The molecule has 0 amide bonds. The molecule has 1 N–H and O–H groups in total. The number of benzene rings is 1. The van der Waals surface area contributed by atoms with Gasteiger partial charge in [-0.25, -0.2) is 13.8 Å². The van der Waals surface area contributed by atoms with Gasteiger partial charge in [0, 0.05) is 37.3 Å². The molecule has 1 aromatic carbocycles. The number of nitrogens with one attached hydrogen (secondary N) is 1. The largest absolute Gasteiger partial charge is 0.305 e. The van der Waals surface area contributed by atoms with Gasteiger partial charge in [0.05, 0.1) is 5.69 Å². The summed E-state index contributed by atoms with van der Waals surface area (Å²) in [5, 5.41) is 0. The quantitative estimate of drug-likeness (QED) is 0.750. The van der Waals surface area contributed by atoms with Crippen LogP contribution in [0.15, 0.2) is 53.5 Å². The molecule has 0 aliphatic carbocycles. The third kappa shape index (κ3) is 4.31. The highest BCUT2D eigenvalue weighted by Crippen LogP contribution is 2.27. The van der Waals surface area contributed by atoms with Crippen LogP contribution in [0.25, 0.3) is 11.5 Å². The molecule has 0 radical (unpaired) electrons. The van der Waals surface area contributed by atoms with Crippen molar-refractivity contribution in [3.63, 3.8) is 0 Å². The number of hydrogen-bond donors (Lipinski definition) is 1. The number of likely N-dealkylation sites (tertiary alicyclic amines) is 1. The third-order valence-corrected chi connectivity index (χ3v) is 4.92. The molecule has 0 saturated carbocycles. The second-order valence-electron chi connectivity index (χ2n) is 7.09. The van der Waals surface area contributed by atoms with Crippen LogP contribution in [0.1, 0.15) is 30.0 Å². The van der Waals surface area contributed by atoms with Crippen molar-refractivity contribution in [3.8, 4) is 11.5 Å². The summed E-state index contributed by atoms with van der Waals surface area (Å²) in [6.07, 6.45) is 3.49. The average Bonchev–Trinajstić information content (AvgIpc) is 2.68. The maximum atomic E-state index is 13.5. The number of nitrogens with zero attached hydrogens (tertiary/aromatic N) is 3.